The monoisotopic (exact) mass is 247 g/mol. The van der Waals surface area contributed by atoms with E-state index in [1.165, 1.54) is 6.20 Å². The SMILES string of the molecule is Cc1ccc(C=O)cc1Oc1cncc(Cl)c1. The number of aromatic nitrogens is 1. The molecule has 0 saturated heterocycles. The van der Waals surface area contributed by atoms with Crippen molar-refractivity contribution in [3.05, 3.63) is 52.8 Å². The summed E-state index contributed by atoms with van der Waals surface area (Å²) in [5.41, 5.74) is 1.51. The molecule has 0 saturated carbocycles. The van der Waals surface area contributed by atoms with Gasteiger partial charge in [0.05, 0.1) is 11.2 Å². The molecule has 17 heavy (non-hydrogen) atoms. The molecule has 0 fully saturated rings. The average molecular weight is 248 g/mol. The molecular formula is C13H10ClNO2. The van der Waals surface area contributed by atoms with Crippen LogP contribution >= 0.6 is 11.6 Å². The first kappa shape index (κ1) is 11.6. The highest BCUT2D eigenvalue weighted by Gasteiger charge is 2.03. The number of ether oxygens (including phenoxy) is 1. The Morgan fingerprint density at radius 3 is 2.82 bits per heavy atom. The maximum atomic E-state index is 10.7. The Balaban J connectivity index is 2.32. The van der Waals surface area contributed by atoms with Crippen LogP contribution in [0.25, 0.3) is 0 Å². The molecule has 0 aliphatic rings. The van der Waals surface area contributed by atoms with Gasteiger partial charge in [-0.25, -0.2) is 0 Å². The van der Waals surface area contributed by atoms with E-state index in [-0.39, 0.29) is 0 Å². The lowest BCUT2D eigenvalue weighted by molar-refractivity contribution is 0.112. The third kappa shape index (κ3) is 2.82. The number of nitrogens with zero attached hydrogens (tertiary/aromatic N) is 1. The van der Waals surface area contributed by atoms with Crippen LogP contribution in [0.2, 0.25) is 5.02 Å². The van der Waals surface area contributed by atoms with Crippen LogP contribution in [0, 0.1) is 6.92 Å². The molecule has 0 radical (unpaired) electrons. The lowest BCUT2D eigenvalue weighted by Crippen LogP contribution is -1.90. The van der Waals surface area contributed by atoms with Crippen LogP contribution in [-0.4, -0.2) is 11.3 Å². The zero-order chi connectivity index (χ0) is 12.3. The molecule has 2 rings (SSSR count). The third-order valence-corrected chi connectivity index (χ3v) is 2.46. The highest BCUT2D eigenvalue weighted by Crippen LogP contribution is 2.26. The molecule has 3 nitrogen and oxygen atoms in total. The van der Waals surface area contributed by atoms with Crippen molar-refractivity contribution in [3.8, 4) is 11.5 Å². The van der Waals surface area contributed by atoms with Crippen molar-refractivity contribution < 1.29 is 9.53 Å². The molecule has 0 aliphatic carbocycles. The van der Waals surface area contributed by atoms with E-state index in [0.717, 1.165) is 11.8 Å². The predicted octanol–water partition coefficient (Wildman–Crippen LogP) is 3.65. The number of hydrogen-bond acceptors (Lipinski definition) is 3. The summed E-state index contributed by atoms with van der Waals surface area (Å²) >= 11 is 5.81. The minimum atomic E-state index is 0.506. The number of carbonyl (C=O) groups is 1. The molecule has 0 aliphatic heterocycles. The lowest BCUT2D eigenvalue weighted by Gasteiger charge is -2.08. The van der Waals surface area contributed by atoms with Crippen molar-refractivity contribution in [3.63, 3.8) is 0 Å². The minimum absolute atomic E-state index is 0.506. The van der Waals surface area contributed by atoms with Crippen LogP contribution in [0.3, 0.4) is 0 Å². The van der Waals surface area contributed by atoms with Crippen LogP contribution in [0.1, 0.15) is 15.9 Å². The lowest BCUT2D eigenvalue weighted by atomic mass is 10.1. The van der Waals surface area contributed by atoms with Gasteiger partial charge in [-0.15, -0.1) is 0 Å². The Hall–Kier alpha value is -1.87. The maximum Gasteiger partial charge on any atom is 0.150 e. The van der Waals surface area contributed by atoms with Crippen molar-refractivity contribution in [1.82, 2.24) is 4.98 Å². The van der Waals surface area contributed by atoms with Gasteiger partial charge in [0.25, 0.3) is 0 Å². The predicted molar refractivity (Wildman–Crippen MR) is 65.9 cm³/mol. The first-order valence-corrected chi connectivity index (χ1v) is 5.41. The first-order chi connectivity index (χ1) is 8.19. The topological polar surface area (TPSA) is 39.2 Å². The summed E-state index contributed by atoms with van der Waals surface area (Å²) in [6, 6.07) is 6.92. The molecule has 0 spiro atoms. The van der Waals surface area contributed by atoms with Gasteiger partial charge in [-0.05, 0) is 18.6 Å². The fraction of sp³-hybridized carbons (Fsp3) is 0.0769. The molecule has 0 unspecified atom stereocenters. The van der Waals surface area contributed by atoms with Gasteiger partial charge in [0.2, 0.25) is 0 Å². The quantitative estimate of drug-likeness (QED) is 0.777. The van der Waals surface area contributed by atoms with Gasteiger partial charge >= 0.3 is 0 Å². The Kier molecular flexibility index (Phi) is 3.40. The van der Waals surface area contributed by atoms with Gasteiger partial charge in [0, 0.05) is 17.8 Å². The van der Waals surface area contributed by atoms with E-state index < -0.39 is 0 Å². The van der Waals surface area contributed by atoms with Crippen LogP contribution in [0.15, 0.2) is 36.7 Å². The van der Waals surface area contributed by atoms with Crippen LogP contribution in [-0.2, 0) is 0 Å². The molecule has 0 N–H and O–H groups in total. The molecule has 2 aromatic rings. The van der Waals surface area contributed by atoms with E-state index in [4.69, 9.17) is 16.3 Å². The summed E-state index contributed by atoms with van der Waals surface area (Å²) in [5, 5.41) is 0.506. The van der Waals surface area contributed by atoms with Crippen molar-refractivity contribution in [1.29, 1.82) is 0 Å². The van der Waals surface area contributed by atoms with Gasteiger partial charge in [-0.1, -0.05) is 23.7 Å². The van der Waals surface area contributed by atoms with E-state index >= 15 is 0 Å². The summed E-state index contributed by atoms with van der Waals surface area (Å²) in [5.74, 6) is 1.17. The van der Waals surface area contributed by atoms with Crippen molar-refractivity contribution in [2.24, 2.45) is 0 Å². The van der Waals surface area contributed by atoms with Gasteiger partial charge < -0.3 is 4.74 Å². The van der Waals surface area contributed by atoms with Gasteiger partial charge in [0.1, 0.15) is 17.8 Å². The number of aryl methyl sites for hydroxylation is 1. The Morgan fingerprint density at radius 1 is 1.29 bits per heavy atom. The highest BCUT2D eigenvalue weighted by molar-refractivity contribution is 6.30. The van der Waals surface area contributed by atoms with E-state index in [1.807, 2.05) is 13.0 Å². The van der Waals surface area contributed by atoms with Crippen LogP contribution in [0.4, 0.5) is 0 Å². The van der Waals surface area contributed by atoms with E-state index in [2.05, 4.69) is 4.98 Å². The molecule has 0 amide bonds. The normalized spacial score (nSPS) is 10.0. The first-order valence-electron chi connectivity index (χ1n) is 5.03. The molecule has 0 bridgehead atoms. The zero-order valence-corrected chi connectivity index (χ0v) is 9.94. The van der Waals surface area contributed by atoms with Gasteiger partial charge in [0.15, 0.2) is 0 Å². The second-order valence-electron chi connectivity index (χ2n) is 3.58. The average Bonchev–Trinajstić information content (AvgIpc) is 2.32. The third-order valence-electron chi connectivity index (χ3n) is 2.26. The maximum absolute atomic E-state index is 10.7. The standard InChI is InChI=1S/C13H10ClNO2/c1-9-2-3-10(8-16)4-13(9)17-12-5-11(14)6-15-7-12/h2-8H,1H3. The van der Waals surface area contributed by atoms with Crippen LogP contribution < -0.4 is 4.74 Å². The Bertz CT molecular complexity index is 555. The number of pyridine rings is 1. The van der Waals surface area contributed by atoms with E-state index in [0.29, 0.717) is 22.1 Å². The summed E-state index contributed by atoms with van der Waals surface area (Å²) in [6.45, 7) is 1.90. The molecule has 1 aromatic carbocycles. The number of aldehydes is 1. The fourth-order valence-electron chi connectivity index (χ4n) is 1.38. The fourth-order valence-corrected chi connectivity index (χ4v) is 1.54. The number of carbonyl (C=O) groups excluding carboxylic acids is 1. The number of rotatable bonds is 3. The second kappa shape index (κ2) is 4.97. The van der Waals surface area contributed by atoms with Crippen molar-refractivity contribution >= 4 is 17.9 Å². The minimum Gasteiger partial charge on any atom is -0.455 e. The number of benzene rings is 1. The second-order valence-corrected chi connectivity index (χ2v) is 4.02. The molecule has 0 atom stereocenters. The number of hydrogen-bond donors (Lipinski definition) is 0. The molecule has 4 heteroatoms. The molecular weight excluding hydrogens is 238 g/mol. The van der Waals surface area contributed by atoms with Gasteiger partial charge in [-0.3, -0.25) is 9.78 Å². The summed E-state index contributed by atoms with van der Waals surface area (Å²) < 4.78 is 5.63. The summed E-state index contributed by atoms with van der Waals surface area (Å²) in [7, 11) is 0. The Morgan fingerprint density at radius 2 is 2.12 bits per heavy atom. The largest absolute Gasteiger partial charge is 0.455 e. The van der Waals surface area contributed by atoms with Crippen molar-refractivity contribution in [2.45, 2.75) is 6.92 Å². The van der Waals surface area contributed by atoms with Crippen molar-refractivity contribution in [2.75, 3.05) is 0 Å². The molecule has 86 valence electrons. The Labute approximate surface area is 104 Å². The highest BCUT2D eigenvalue weighted by atomic mass is 35.5. The number of halogens is 1. The molecule has 1 heterocycles. The van der Waals surface area contributed by atoms with E-state index in [1.54, 1.807) is 24.4 Å². The molecule has 1 aromatic heterocycles. The van der Waals surface area contributed by atoms with Gasteiger partial charge in [-0.2, -0.15) is 0 Å². The summed E-state index contributed by atoms with van der Waals surface area (Å²) in [4.78, 5) is 14.6. The van der Waals surface area contributed by atoms with Crippen LogP contribution in [0.5, 0.6) is 11.5 Å². The zero-order valence-electron chi connectivity index (χ0n) is 9.18. The summed E-state index contributed by atoms with van der Waals surface area (Å²) in [6.07, 6.45) is 3.88. The van der Waals surface area contributed by atoms with E-state index in [9.17, 15) is 4.79 Å². The smallest absolute Gasteiger partial charge is 0.150 e.